The minimum Gasteiger partial charge on any atom is -0.462 e. The van der Waals surface area contributed by atoms with Crippen molar-refractivity contribution in [1.82, 2.24) is 0 Å². The monoisotopic (exact) mass is 863 g/mol. The number of carbonyl (C=O) groups excluding carboxylic acids is 3. The van der Waals surface area contributed by atoms with Crippen molar-refractivity contribution < 1.29 is 28.6 Å². The molecule has 0 aromatic heterocycles. The van der Waals surface area contributed by atoms with E-state index in [1.807, 2.05) is 0 Å². The summed E-state index contributed by atoms with van der Waals surface area (Å²) in [7, 11) is 0. The smallest absolute Gasteiger partial charge is 0.306 e. The molecule has 0 fully saturated rings. The number of carbonyl (C=O) groups is 3. The molecule has 0 bridgehead atoms. The molecule has 2 unspecified atom stereocenters. The van der Waals surface area contributed by atoms with E-state index >= 15 is 0 Å². The van der Waals surface area contributed by atoms with Gasteiger partial charge in [-0.25, -0.2) is 0 Å². The Bertz CT molecular complexity index is 935. The molecule has 0 saturated heterocycles. The normalized spacial score (nSPS) is 12.9. The summed E-state index contributed by atoms with van der Waals surface area (Å²) in [5.74, 6) is 0.908. The summed E-state index contributed by atoms with van der Waals surface area (Å²) in [6.45, 7) is 11.4. The first-order chi connectivity index (χ1) is 29.8. The van der Waals surface area contributed by atoms with E-state index < -0.39 is 6.10 Å². The first-order valence-electron chi connectivity index (χ1n) is 27.3. The number of unbranched alkanes of at least 4 members (excludes halogenated alkanes) is 32. The summed E-state index contributed by atoms with van der Waals surface area (Å²) >= 11 is 0. The molecule has 0 amide bonds. The molecule has 0 spiro atoms. The Morgan fingerprint density at radius 2 is 0.574 bits per heavy atom. The predicted molar refractivity (Wildman–Crippen MR) is 261 cm³/mol. The van der Waals surface area contributed by atoms with Crippen molar-refractivity contribution >= 4 is 17.9 Å². The summed E-state index contributed by atoms with van der Waals surface area (Å²) in [4.78, 5) is 37.9. The van der Waals surface area contributed by atoms with E-state index in [1.54, 1.807) is 0 Å². The highest BCUT2D eigenvalue weighted by Crippen LogP contribution is 2.18. The van der Waals surface area contributed by atoms with Gasteiger partial charge in [0.2, 0.25) is 0 Å². The molecule has 0 aliphatic heterocycles. The van der Waals surface area contributed by atoms with Crippen LogP contribution in [0.3, 0.4) is 0 Å². The SMILES string of the molecule is CCCCCCCCCCCC(=O)OC[C@H](COC(=O)CCCCCCCCCCC(C)CC)OC(=O)CCCCCCCCCCCCCCCCCCCCC(C)CC. The van der Waals surface area contributed by atoms with Crippen LogP contribution in [0.4, 0.5) is 0 Å². The zero-order chi connectivity index (χ0) is 44.7. The summed E-state index contributed by atoms with van der Waals surface area (Å²) in [6.07, 6.45) is 49.5. The maximum atomic E-state index is 12.8. The van der Waals surface area contributed by atoms with Gasteiger partial charge in [-0.1, -0.05) is 266 Å². The molecule has 0 heterocycles. The van der Waals surface area contributed by atoms with Gasteiger partial charge in [0.25, 0.3) is 0 Å². The molecular formula is C55H106O6. The second-order valence-electron chi connectivity index (χ2n) is 19.4. The standard InChI is InChI=1S/C55H106O6/c1-6-9-10-11-12-23-30-35-40-45-53(56)59-48-52(49-60-54(57)46-41-36-31-27-26-29-34-39-44-51(5)8-3)61-55(58)47-42-37-32-25-22-20-18-16-14-13-15-17-19-21-24-28-33-38-43-50(4)7-2/h50-52H,6-49H2,1-5H3/t50?,51?,52-/m1/s1. The fourth-order valence-electron chi connectivity index (χ4n) is 8.28. The molecule has 3 atom stereocenters. The summed E-state index contributed by atoms with van der Waals surface area (Å²) in [6, 6.07) is 0. The molecule has 0 aromatic rings. The quantitative estimate of drug-likeness (QED) is 0.0344. The molecule has 362 valence electrons. The number of rotatable bonds is 49. The van der Waals surface area contributed by atoms with Crippen LogP contribution in [-0.4, -0.2) is 37.2 Å². The van der Waals surface area contributed by atoms with Crippen molar-refractivity contribution in [1.29, 1.82) is 0 Å². The van der Waals surface area contributed by atoms with Crippen molar-refractivity contribution in [3.63, 3.8) is 0 Å². The van der Waals surface area contributed by atoms with E-state index in [0.717, 1.165) is 69.6 Å². The molecule has 0 rings (SSSR count). The molecule has 6 heteroatoms. The van der Waals surface area contributed by atoms with E-state index in [2.05, 4.69) is 34.6 Å². The third-order valence-electron chi connectivity index (χ3n) is 13.2. The number of esters is 3. The summed E-state index contributed by atoms with van der Waals surface area (Å²) in [5.41, 5.74) is 0. The Hall–Kier alpha value is -1.59. The molecule has 6 nitrogen and oxygen atoms in total. The minimum atomic E-state index is -0.761. The van der Waals surface area contributed by atoms with Crippen LogP contribution >= 0.6 is 0 Å². The van der Waals surface area contributed by atoms with Crippen molar-refractivity contribution in [3.05, 3.63) is 0 Å². The maximum Gasteiger partial charge on any atom is 0.306 e. The van der Waals surface area contributed by atoms with Gasteiger partial charge in [-0.2, -0.15) is 0 Å². The van der Waals surface area contributed by atoms with Crippen LogP contribution in [0.2, 0.25) is 0 Å². The van der Waals surface area contributed by atoms with Crippen LogP contribution in [0, 0.1) is 11.8 Å². The van der Waals surface area contributed by atoms with Crippen molar-refractivity contribution in [2.45, 2.75) is 310 Å². The van der Waals surface area contributed by atoms with Crippen LogP contribution in [-0.2, 0) is 28.6 Å². The number of hydrogen-bond acceptors (Lipinski definition) is 6. The Morgan fingerprint density at radius 1 is 0.328 bits per heavy atom. The van der Waals surface area contributed by atoms with Gasteiger partial charge in [0.1, 0.15) is 13.2 Å². The lowest BCUT2D eigenvalue weighted by Gasteiger charge is -2.18. The molecule has 0 radical (unpaired) electrons. The molecule has 0 N–H and O–H groups in total. The molecule has 0 aliphatic carbocycles. The van der Waals surface area contributed by atoms with Crippen LogP contribution < -0.4 is 0 Å². The van der Waals surface area contributed by atoms with Gasteiger partial charge in [0.15, 0.2) is 6.10 Å². The lowest BCUT2D eigenvalue weighted by molar-refractivity contribution is -0.167. The van der Waals surface area contributed by atoms with E-state index in [4.69, 9.17) is 14.2 Å². The van der Waals surface area contributed by atoms with Gasteiger partial charge >= 0.3 is 17.9 Å². The summed E-state index contributed by atoms with van der Waals surface area (Å²) in [5, 5.41) is 0. The van der Waals surface area contributed by atoms with Crippen molar-refractivity contribution in [2.75, 3.05) is 13.2 Å². The van der Waals surface area contributed by atoms with E-state index in [-0.39, 0.29) is 31.1 Å². The molecule has 61 heavy (non-hydrogen) atoms. The van der Waals surface area contributed by atoms with Gasteiger partial charge in [0.05, 0.1) is 0 Å². The maximum absolute atomic E-state index is 12.8. The third kappa shape index (κ3) is 46.2. The van der Waals surface area contributed by atoms with Gasteiger partial charge < -0.3 is 14.2 Å². The third-order valence-corrected chi connectivity index (χ3v) is 13.2. The highest BCUT2D eigenvalue weighted by atomic mass is 16.6. The lowest BCUT2D eigenvalue weighted by atomic mass is 9.99. The largest absolute Gasteiger partial charge is 0.462 e. The van der Waals surface area contributed by atoms with E-state index in [9.17, 15) is 14.4 Å². The molecule has 0 aliphatic rings. The van der Waals surface area contributed by atoms with Crippen LogP contribution in [0.1, 0.15) is 304 Å². The zero-order valence-electron chi connectivity index (χ0n) is 41.8. The van der Waals surface area contributed by atoms with Crippen molar-refractivity contribution in [2.24, 2.45) is 11.8 Å². The highest BCUT2D eigenvalue weighted by molar-refractivity contribution is 5.71. The Kier molecular flexibility index (Phi) is 46.6. The highest BCUT2D eigenvalue weighted by Gasteiger charge is 2.19. The number of ether oxygens (including phenoxy) is 3. The lowest BCUT2D eigenvalue weighted by Crippen LogP contribution is -2.30. The number of hydrogen-bond donors (Lipinski definition) is 0. The second kappa shape index (κ2) is 47.9. The second-order valence-corrected chi connectivity index (χ2v) is 19.4. The average Bonchev–Trinajstić information content (AvgIpc) is 3.26. The van der Waals surface area contributed by atoms with E-state index in [0.29, 0.717) is 19.3 Å². The summed E-state index contributed by atoms with van der Waals surface area (Å²) < 4.78 is 16.8. The fourth-order valence-corrected chi connectivity index (χ4v) is 8.28. The Balaban J connectivity index is 4.19. The topological polar surface area (TPSA) is 78.9 Å². The fraction of sp³-hybridized carbons (Fsp3) is 0.945. The minimum absolute atomic E-state index is 0.0640. The van der Waals surface area contributed by atoms with Gasteiger partial charge in [-0.3, -0.25) is 14.4 Å². The van der Waals surface area contributed by atoms with Crippen molar-refractivity contribution in [3.8, 4) is 0 Å². The van der Waals surface area contributed by atoms with Crippen LogP contribution in [0.25, 0.3) is 0 Å². The van der Waals surface area contributed by atoms with E-state index in [1.165, 1.54) is 193 Å². The van der Waals surface area contributed by atoms with Gasteiger partial charge in [0, 0.05) is 19.3 Å². The molecule has 0 saturated carbocycles. The van der Waals surface area contributed by atoms with Crippen LogP contribution in [0.5, 0.6) is 0 Å². The van der Waals surface area contributed by atoms with Gasteiger partial charge in [-0.15, -0.1) is 0 Å². The Morgan fingerprint density at radius 3 is 0.852 bits per heavy atom. The first kappa shape index (κ1) is 59.4. The average molecular weight is 863 g/mol. The van der Waals surface area contributed by atoms with Gasteiger partial charge in [-0.05, 0) is 31.1 Å². The Labute approximate surface area is 380 Å². The predicted octanol–water partition coefficient (Wildman–Crippen LogP) is 17.7. The zero-order valence-corrected chi connectivity index (χ0v) is 41.8. The molecule has 0 aromatic carbocycles. The molecular weight excluding hydrogens is 757 g/mol. The van der Waals surface area contributed by atoms with Crippen LogP contribution in [0.15, 0.2) is 0 Å². The first-order valence-corrected chi connectivity index (χ1v) is 27.3.